The first-order chi connectivity index (χ1) is 12.9. The van der Waals surface area contributed by atoms with Gasteiger partial charge in [0, 0.05) is 22.6 Å². The predicted molar refractivity (Wildman–Crippen MR) is 105 cm³/mol. The number of hydrogen-bond donors (Lipinski definition) is 2. The molecule has 2 aromatic rings. The summed E-state index contributed by atoms with van der Waals surface area (Å²) < 4.78 is 13.7. The highest BCUT2D eigenvalue weighted by Crippen LogP contribution is 2.61. The van der Waals surface area contributed by atoms with Crippen molar-refractivity contribution in [2.45, 2.75) is 64.8 Å². The topological polar surface area (TPSA) is 44.9 Å². The molecule has 0 saturated heterocycles. The summed E-state index contributed by atoms with van der Waals surface area (Å²) in [5.41, 5.74) is 3.07. The molecular formula is C23H29FN2O. The summed E-state index contributed by atoms with van der Waals surface area (Å²) in [4.78, 5) is 16.2. The number of rotatable bonds is 4. The van der Waals surface area contributed by atoms with Gasteiger partial charge >= 0.3 is 0 Å². The maximum absolute atomic E-state index is 13.7. The van der Waals surface area contributed by atoms with Gasteiger partial charge in [0.1, 0.15) is 5.82 Å². The molecule has 0 radical (unpaired) electrons. The van der Waals surface area contributed by atoms with Crippen LogP contribution in [-0.2, 0) is 11.2 Å². The Morgan fingerprint density at radius 3 is 2.48 bits per heavy atom. The molecule has 1 aromatic heterocycles. The van der Waals surface area contributed by atoms with Gasteiger partial charge in [-0.25, -0.2) is 4.39 Å². The number of aryl methyl sites for hydroxylation is 1. The van der Waals surface area contributed by atoms with Gasteiger partial charge < -0.3 is 10.3 Å². The van der Waals surface area contributed by atoms with Crippen molar-refractivity contribution >= 4 is 16.8 Å². The van der Waals surface area contributed by atoms with Crippen molar-refractivity contribution in [3.63, 3.8) is 0 Å². The van der Waals surface area contributed by atoms with Crippen molar-refractivity contribution in [2.75, 3.05) is 0 Å². The van der Waals surface area contributed by atoms with Gasteiger partial charge in [0.15, 0.2) is 0 Å². The molecule has 4 aliphatic rings. The number of nitrogens with one attached hydrogen (secondary N) is 2. The Balaban J connectivity index is 1.33. The van der Waals surface area contributed by atoms with E-state index in [0.29, 0.717) is 11.8 Å². The highest BCUT2D eigenvalue weighted by Gasteiger charge is 2.53. The van der Waals surface area contributed by atoms with E-state index in [1.54, 1.807) is 6.07 Å². The van der Waals surface area contributed by atoms with Gasteiger partial charge in [0.25, 0.3) is 0 Å². The van der Waals surface area contributed by atoms with Crippen LogP contribution in [-0.4, -0.2) is 16.9 Å². The van der Waals surface area contributed by atoms with Crippen LogP contribution in [0, 0.1) is 35.9 Å². The maximum atomic E-state index is 13.7. The second-order valence-electron chi connectivity index (χ2n) is 9.66. The number of amides is 1. The average Bonchev–Trinajstić information content (AvgIpc) is 2.89. The van der Waals surface area contributed by atoms with Gasteiger partial charge in [-0.05, 0) is 99.3 Å². The largest absolute Gasteiger partial charge is 0.358 e. The lowest BCUT2D eigenvalue weighted by Gasteiger charge is -2.59. The van der Waals surface area contributed by atoms with Crippen LogP contribution < -0.4 is 5.32 Å². The Bertz CT molecular complexity index is 864. The molecule has 1 unspecified atom stereocenters. The van der Waals surface area contributed by atoms with Crippen molar-refractivity contribution in [1.29, 1.82) is 0 Å². The molecule has 4 fully saturated rings. The Morgan fingerprint density at radius 1 is 1.22 bits per heavy atom. The second kappa shape index (κ2) is 6.08. The van der Waals surface area contributed by atoms with Gasteiger partial charge in [-0.1, -0.05) is 0 Å². The summed E-state index contributed by atoms with van der Waals surface area (Å²) in [5.74, 6) is 2.45. The summed E-state index contributed by atoms with van der Waals surface area (Å²) in [6, 6.07) is 4.96. The minimum atomic E-state index is -0.259. The van der Waals surface area contributed by atoms with E-state index in [4.69, 9.17) is 0 Å². The maximum Gasteiger partial charge on any atom is 0.224 e. The van der Waals surface area contributed by atoms with Crippen LogP contribution in [0.15, 0.2) is 18.2 Å². The molecule has 1 heterocycles. The van der Waals surface area contributed by atoms with Crippen LogP contribution >= 0.6 is 0 Å². The molecule has 1 atom stereocenters. The molecule has 0 spiro atoms. The minimum absolute atomic E-state index is 0.0616. The Labute approximate surface area is 160 Å². The van der Waals surface area contributed by atoms with Crippen LogP contribution in [0.3, 0.4) is 0 Å². The first-order valence-corrected chi connectivity index (χ1v) is 10.5. The molecule has 4 heteroatoms. The lowest BCUT2D eigenvalue weighted by molar-refractivity contribution is -0.125. The van der Waals surface area contributed by atoms with Crippen molar-refractivity contribution in [2.24, 2.45) is 23.2 Å². The third-order valence-corrected chi connectivity index (χ3v) is 7.80. The zero-order valence-electron chi connectivity index (χ0n) is 16.3. The summed E-state index contributed by atoms with van der Waals surface area (Å²) in [5, 5.41) is 4.16. The highest BCUT2D eigenvalue weighted by molar-refractivity contribution is 5.90. The van der Waals surface area contributed by atoms with Crippen LogP contribution in [0.5, 0.6) is 0 Å². The number of halogens is 1. The fourth-order valence-corrected chi connectivity index (χ4v) is 6.90. The van der Waals surface area contributed by atoms with Crippen LogP contribution in [0.25, 0.3) is 10.9 Å². The SMILES string of the molecule is Cc1[nH]c2ccc(F)cc2c1CC(=O)NC(C)C12CC3CC(CC(C3)C1)C2. The molecule has 6 rings (SSSR count). The first kappa shape index (κ1) is 17.3. The molecule has 1 aromatic carbocycles. The van der Waals surface area contributed by atoms with Crippen LogP contribution in [0.2, 0.25) is 0 Å². The smallest absolute Gasteiger partial charge is 0.224 e. The van der Waals surface area contributed by atoms with Gasteiger partial charge in [-0.3, -0.25) is 4.79 Å². The molecule has 1 amide bonds. The normalized spacial score (nSPS) is 32.8. The summed E-state index contributed by atoms with van der Waals surface area (Å²) in [7, 11) is 0. The van der Waals surface area contributed by atoms with Gasteiger partial charge in [-0.15, -0.1) is 0 Å². The minimum Gasteiger partial charge on any atom is -0.358 e. The monoisotopic (exact) mass is 368 g/mol. The third-order valence-electron chi connectivity index (χ3n) is 7.80. The molecule has 4 aliphatic carbocycles. The van der Waals surface area contributed by atoms with E-state index >= 15 is 0 Å². The van der Waals surface area contributed by atoms with Gasteiger partial charge in [-0.2, -0.15) is 0 Å². The van der Waals surface area contributed by atoms with Crippen molar-refractivity contribution in [3.8, 4) is 0 Å². The van der Waals surface area contributed by atoms with E-state index in [9.17, 15) is 9.18 Å². The van der Waals surface area contributed by atoms with E-state index in [1.165, 1.54) is 50.7 Å². The molecule has 3 nitrogen and oxygen atoms in total. The Kier molecular flexibility index (Phi) is 3.89. The summed E-state index contributed by atoms with van der Waals surface area (Å²) in [6.45, 7) is 4.18. The third kappa shape index (κ3) is 2.88. The quantitative estimate of drug-likeness (QED) is 0.794. The van der Waals surface area contributed by atoms with E-state index in [-0.39, 0.29) is 17.8 Å². The lowest BCUT2D eigenvalue weighted by atomic mass is 9.48. The molecule has 144 valence electrons. The molecule has 0 aliphatic heterocycles. The highest BCUT2D eigenvalue weighted by atomic mass is 19.1. The Morgan fingerprint density at radius 2 is 1.85 bits per heavy atom. The van der Waals surface area contributed by atoms with E-state index < -0.39 is 0 Å². The van der Waals surface area contributed by atoms with Crippen LogP contribution in [0.4, 0.5) is 4.39 Å². The Hall–Kier alpha value is -1.84. The lowest BCUT2D eigenvalue weighted by Crippen LogP contribution is -2.56. The first-order valence-electron chi connectivity index (χ1n) is 10.5. The van der Waals surface area contributed by atoms with Crippen molar-refractivity contribution < 1.29 is 9.18 Å². The molecule has 4 bridgehead atoms. The number of aromatic nitrogens is 1. The van der Waals surface area contributed by atoms with E-state index in [1.807, 2.05) is 6.92 Å². The number of benzene rings is 1. The fraction of sp³-hybridized carbons (Fsp3) is 0.609. The second-order valence-corrected chi connectivity index (χ2v) is 9.66. The number of carbonyl (C=O) groups excluding carboxylic acids is 1. The van der Waals surface area contributed by atoms with Crippen molar-refractivity contribution in [1.82, 2.24) is 10.3 Å². The summed E-state index contributed by atoms with van der Waals surface area (Å²) in [6.07, 6.45) is 8.43. The number of H-pyrrole nitrogens is 1. The van der Waals surface area contributed by atoms with Crippen molar-refractivity contribution in [3.05, 3.63) is 35.3 Å². The van der Waals surface area contributed by atoms with E-state index in [0.717, 1.165) is 39.9 Å². The molecular weight excluding hydrogens is 339 g/mol. The van der Waals surface area contributed by atoms with Crippen LogP contribution in [0.1, 0.15) is 56.7 Å². The van der Waals surface area contributed by atoms with E-state index in [2.05, 4.69) is 17.2 Å². The van der Waals surface area contributed by atoms with Gasteiger partial charge in [0.2, 0.25) is 5.91 Å². The predicted octanol–water partition coefficient (Wildman–Crippen LogP) is 4.88. The standard InChI is InChI=1S/C23H29FN2O/c1-13-19(20-8-18(24)3-4-21(20)25-13)9-22(27)26-14(2)23-10-15-5-16(11-23)7-17(6-15)12-23/h3-4,8,14-17,25H,5-7,9-12H2,1-2H3,(H,26,27). The average molecular weight is 368 g/mol. The zero-order valence-corrected chi connectivity index (χ0v) is 16.3. The number of fused-ring (bicyclic) bond motifs is 1. The molecule has 4 saturated carbocycles. The number of hydrogen-bond acceptors (Lipinski definition) is 1. The number of carbonyl (C=O) groups is 1. The zero-order chi connectivity index (χ0) is 18.8. The molecule has 2 N–H and O–H groups in total. The molecule has 27 heavy (non-hydrogen) atoms. The van der Waals surface area contributed by atoms with Gasteiger partial charge in [0.05, 0.1) is 6.42 Å². The number of aromatic amines is 1. The summed E-state index contributed by atoms with van der Waals surface area (Å²) >= 11 is 0. The fourth-order valence-electron chi connectivity index (χ4n) is 6.90.